The maximum absolute atomic E-state index is 8.86. The van der Waals surface area contributed by atoms with Gasteiger partial charge < -0.3 is 10.1 Å². The summed E-state index contributed by atoms with van der Waals surface area (Å²) in [4.78, 5) is 2.22. The largest absolute Gasteiger partial charge is 0.457 e. The zero-order chi connectivity index (χ0) is 17.6. The van der Waals surface area contributed by atoms with Crippen LogP contribution in [0.15, 0.2) is 42.5 Å². The van der Waals surface area contributed by atoms with Gasteiger partial charge in [0.15, 0.2) is 0 Å². The first-order valence-corrected chi connectivity index (χ1v) is 8.18. The number of aromatic amines is 1. The third-order valence-electron chi connectivity index (χ3n) is 4.00. The van der Waals surface area contributed by atoms with Gasteiger partial charge in [0.2, 0.25) is 0 Å². The van der Waals surface area contributed by atoms with Crippen LogP contribution in [-0.2, 0) is 6.54 Å². The van der Waals surface area contributed by atoms with E-state index in [0.717, 1.165) is 42.0 Å². The van der Waals surface area contributed by atoms with Crippen molar-refractivity contribution in [1.82, 2.24) is 20.4 Å². The van der Waals surface area contributed by atoms with E-state index in [4.69, 9.17) is 10.00 Å². The molecule has 0 aliphatic carbocycles. The fourth-order valence-corrected chi connectivity index (χ4v) is 2.60. The smallest absolute Gasteiger partial charge is 0.128 e. The number of hydrogen-bond acceptors (Lipinski definition) is 5. The van der Waals surface area contributed by atoms with Gasteiger partial charge in [-0.2, -0.15) is 10.4 Å². The van der Waals surface area contributed by atoms with E-state index in [1.165, 1.54) is 0 Å². The SMILES string of the molecule is CNCCN(C)Cc1n[nH]c2ccc(Oc3ccc(C#N)cc3)cc12. The molecule has 0 saturated carbocycles. The molecule has 2 aromatic carbocycles. The fourth-order valence-electron chi connectivity index (χ4n) is 2.60. The average Bonchev–Trinajstić information content (AvgIpc) is 3.03. The summed E-state index contributed by atoms with van der Waals surface area (Å²) >= 11 is 0. The van der Waals surface area contributed by atoms with Gasteiger partial charge in [-0.15, -0.1) is 0 Å². The summed E-state index contributed by atoms with van der Waals surface area (Å²) in [5.74, 6) is 1.45. The van der Waals surface area contributed by atoms with E-state index in [0.29, 0.717) is 11.3 Å². The molecule has 0 spiro atoms. The number of fused-ring (bicyclic) bond motifs is 1. The van der Waals surface area contributed by atoms with Gasteiger partial charge in [0.25, 0.3) is 0 Å². The van der Waals surface area contributed by atoms with Crippen molar-refractivity contribution in [1.29, 1.82) is 5.26 Å². The second kappa shape index (κ2) is 7.79. The Hall–Kier alpha value is -2.88. The number of nitrogens with zero attached hydrogens (tertiary/aromatic N) is 3. The number of rotatable bonds is 7. The molecule has 3 rings (SSSR count). The number of H-pyrrole nitrogens is 1. The molecule has 6 heteroatoms. The minimum atomic E-state index is 0.615. The van der Waals surface area contributed by atoms with Gasteiger partial charge in [-0.25, -0.2) is 0 Å². The van der Waals surface area contributed by atoms with E-state index in [-0.39, 0.29) is 0 Å². The number of hydrogen-bond donors (Lipinski definition) is 2. The predicted octanol–water partition coefficient (Wildman–Crippen LogP) is 2.88. The molecule has 0 radical (unpaired) electrons. The molecule has 0 amide bonds. The molecule has 128 valence electrons. The van der Waals surface area contributed by atoms with Crippen LogP contribution in [0.3, 0.4) is 0 Å². The highest BCUT2D eigenvalue weighted by Gasteiger charge is 2.10. The van der Waals surface area contributed by atoms with Gasteiger partial charge in [0, 0.05) is 25.0 Å². The zero-order valence-electron chi connectivity index (χ0n) is 14.4. The van der Waals surface area contributed by atoms with Crippen LogP contribution in [0.4, 0.5) is 0 Å². The van der Waals surface area contributed by atoms with Crippen molar-refractivity contribution in [3.05, 3.63) is 53.7 Å². The maximum atomic E-state index is 8.86. The summed E-state index contributed by atoms with van der Waals surface area (Å²) in [6.07, 6.45) is 0. The second-order valence-corrected chi connectivity index (χ2v) is 5.96. The first kappa shape index (κ1) is 17.0. The summed E-state index contributed by atoms with van der Waals surface area (Å²) in [5.41, 5.74) is 2.60. The molecule has 2 N–H and O–H groups in total. The highest BCUT2D eigenvalue weighted by Crippen LogP contribution is 2.27. The number of benzene rings is 2. The molecule has 6 nitrogen and oxygen atoms in total. The summed E-state index contributed by atoms with van der Waals surface area (Å²) in [5, 5.41) is 20.6. The van der Waals surface area contributed by atoms with E-state index in [1.807, 2.05) is 25.2 Å². The molecule has 1 aromatic heterocycles. The Kier molecular flexibility index (Phi) is 5.29. The Morgan fingerprint density at radius 1 is 1.20 bits per heavy atom. The van der Waals surface area contributed by atoms with Gasteiger partial charge in [-0.1, -0.05) is 0 Å². The second-order valence-electron chi connectivity index (χ2n) is 5.96. The van der Waals surface area contributed by atoms with Crippen LogP contribution < -0.4 is 10.1 Å². The third-order valence-corrected chi connectivity index (χ3v) is 4.00. The van der Waals surface area contributed by atoms with Crippen molar-refractivity contribution >= 4 is 10.9 Å². The highest BCUT2D eigenvalue weighted by molar-refractivity contribution is 5.82. The van der Waals surface area contributed by atoms with Gasteiger partial charge in [-0.3, -0.25) is 10.00 Å². The minimum absolute atomic E-state index is 0.615. The first-order valence-electron chi connectivity index (χ1n) is 8.18. The van der Waals surface area contributed by atoms with Crippen molar-refractivity contribution < 1.29 is 4.74 Å². The number of nitriles is 1. The number of aromatic nitrogens is 2. The Balaban J connectivity index is 1.78. The molecule has 0 aliphatic heterocycles. The average molecular weight is 335 g/mol. The van der Waals surface area contributed by atoms with Gasteiger partial charge in [-0.05, 0) is 56.6 Å². The molecule has 0 fully saturated rings. The van der Waals surface area contributed by atoms with Crippen molar-refractivity contribution in [3.8, 4) is 17.6 Å². The number of nitrogens with one attached hydrogen (secondary N) is 2. The lowest BCUT2D eigenvalue weighted by molar-refractivity contribution is 0.325. The lowest BCUT2D eigenvalue weighted by atomic mass is 10.2. The minimum Gasteiger partial charge on any atom is -0.457 e. The molecule has 25 heavy (non-hydrogen) atoms. The molecular formula is C19H21N5O. The molecular weight excluding hydrogens is 314 g/mol. The first-order chi connectivity index (χ1) is 12.2. The molecule has 0 aliphatic rings. The molecule has 0 bridgehead atoms. The summed E-state index contributed by atoms with van der Waals surface area (Å²) < 4.78 is 5.91. The van der Waals surface area contributed by atoms with Crippen molar-refractivity contribution in [3.63, 3.8) is 0 Å². The topological polar surface area (TPSA) is 77.0 Å². The van der Waals surface area contributed by atoms with E-state index < -0.39 is 0 Å². The van der Waals surface area contributed by atoms with Gasteiger partial charge in [0.1, 0.15) is 11.5 Å². The van der Waals surface area contributed by atoms with Crippen LogP contribution in [0, 0.1) is 11.3 Å². The van der Waals surface area contributed by atoms with Crippen LogP contribution in [0.2, 0.25) is 0 Å². The summed E-state index contributed by atoms with van der Waals surface area (Å²) in [6.45, 7) is 2.65. The standard InChI is InChI=1S/C19H21N5O/c1-21-9-10-24(2)13-19-17-11-16(7-8-18(17)22-23-19)25-15-5-3-14(12-20)4-6-15/h3-8,11,21H,9-10,13H2,1-2H3,(H,22,23). The monoisotopic (exact) mass is 335 g/mol. The third kappa shape index (κ3) is 4.15. The predicted molar refractivity (Wildman–Crippen MR) is 97.6 cm³/mol. The van der Waals surface area contributed by atoms with Crippen LogP contribution >= 0.6 is 0 Å². The van der Waals surface area contributed by atoms with E-state index in [2.05, 4.69) is 33.5 Å². The lowest BCUT2D eigenvalue weighted by Crippen LogP contribution is -2.27. The van der Waals surface area contributed by atoms with E-state index >= 15 is 0 Å². The Morgan fingerprint density at radius 2 is 1.96 bits per heavy atom. The van der Waals surface area contributed by atoms with Crippen LogP contribution in [0.25, 0.3) is 10.9 Å². The fraction of sp³-hybridized carbons (Fsp3) is 0.263. The van der Waals surface area contributed by atoms with Crippen molar-refractivity contribution in [2.75, 3.05) is 27.2 Å². The molecule has 0 atom stereocenters. The molecule has 0 unspecified atom stereocenters. The van der Waals surface area contributed by atoms with Crippen molar-refractivity contribution in [2.45, 2.75) is 6.54 Å². The number of likely N-dealkylation sites (N-methyl/N-ethyl adjacent to an activating group) is 2. The van der Waals surface area contributed by atoms with Crippen LogP contribution in [0.1, 0.15) is 11.3 Å². The zero-order valence-corrected chi connectivity index (χ0v) is 14.4. The van der Waals surface area contributed by atoms with E-state index in [9.17, 15) is 0 Å². The molecule has 3 aromatic rings. The van der Waals surface area contributed by atoms with Gasteiger partial charge in [0.05, 0.1) is 22.8 Å². The highest BCUT2D eigenvalue weighted by atomic mass is 16.5. The Labute approximate surface area is 147 Å². The summed E-state index contributed by atoms with van der Waals surface area (Å²) in [7, 11) is 4.03. The van der Waals surface area contributed by atoms with Crippen molar-refractivity contribution in [2.24, 2.45) is 0 Å². The molecule has 1 heterocycles. The quantitative estimate of drug-likeness (QED) is 0.694. The van der Waals surface area contributed by atoms with Gasteiger partial charge >= 0.3 is 0 Å². The Bertz CT molecular complexity index is 879. The molecule has 0 saturated heterocycles. The lowest BCUT2D eigenvalue weighted by Gasteiger charge is -2.14. The normalized spacial score (nSPS) is 11.0. The van der Waals surface area contributed by atoms with Crippen LogP contribution in [0.5, 0.6) is 11.5 Å². The summed E-state index contributed by atoms with van der Waals surface area (Å²) in [6, 6.07) is 15.1. The number of ether oxygens (including phenoxy) is 1. The maximum Gasteiger partial charge on any atom is 0.128 e. The van der Waals surface area contributed by atoms with Crippen LogP contribution in [-0.4, -0.2) is 42.3 Å². The Morgan fingerprint density at radius 3 is 2.68 bits per heavy atom. The van der Waals surface area contributed by atoms with E-state index in [1.54, 1.807) is 24.3 Å².